The molecule has 1 aliphatic rings. The second-order valence-electron chi connectivity index (χ2n) is 7.03. The van der Waals surface area contributed by atoms with Crippen molar-refractivity contribution in [2.24, 2.45) is 0 Å². The lowest BCUT2D eigenvalue weighted by atomic mass is 10.1. The van der Waals surface area contributed by atoms with Crippen LogP contribution in [0.4, 0.5) is 0 Å². The molecular formula is C21H29NO6S. The first-order chi connectivity index (χ1) is 13.8. The van der Waals surface area contributed by atoms with Crippen molar-refractivity contribution in [3.05, 3.63) is 35.9 Å². The molecule has 29 heavy (non-hydrogen) atoms. The Labute approximate surface area is 172 Å². The summed E-state index contributed by atoms with van der Waals surface area (Å²) < 4.78 is 34.2. The fourth-order valence-corrected chi connectivity index (χ4v) is 5.03. The van der Waals surface area contributed by atoms with Crippen LogP contribution in [0.1, 0.15) is 39.2 Å². The van der Waals surface area contributed by atoms with Gasteiger partial charge in [0.2, 0.25) is 0 Å². The zero-order valence-corrected chi connectivity index (χ0v) is 18.0. The molecule has 1 heterocycles. The van der Waals surface area contributed by atoms with Gasteiger partial charge in [0.15, 0.2) is 16.4 Å². The summed E-state index contributed by atoms with van der Waals surface area (Å²) in [4.78, 5) is 26.3. The molecule has 2 rings (SSSR count). The molecule has 0 unspecified atom stereocenters. The van der Waals surface area contributed by atoms with Crippen LogP contribution in [-0.2, 0) is 24.2 Å². The van der Waals surface area contributed by atoms with Gasteiger partial charge in [-0.05, 0) is 38.8 Å². The number of rotatable bonds is 9. The minimum Gasteiger partial charge on any atom is -0.493 e. The summed E-state index contributed by atoms with van der Waals surface area (Å²) in [6.07, 6.45) is 3.93. The smallest absolute Gasteiger partial charge is 0.331 e. The summed E-state index contributed by atoms with van der Waals surface area (Å²) in [5.41, 5.74) is 0.732. The summed E-state index contributed by atoms with van der Waals surface area (Å²) in [7, 11) is -3.12. The Morgan fingerprint density at radius 2 is 2.00 bits per heavy atom. The van der Waals surface area contributed by atoms with E-state index in [4.69, 9.17) is 9.47 Å². The van der Waals surface area contributed by atoms with Crippen molar-refractivity contribution < 1.29 is 27.5 Å². The van der Waals surface area contributed by atoms with Gasteiger partial charge in [0, 0.05) is 23.7 Å². The van der Waals surface area contributed by atoms with Crippen LogP contribution in [0.2, 0.25) is 0 Å². The van der Waals surface area contributed by atoms with E-state index >= 15 is 0 Å². The van der Waals surface area contributed by atoms with Crippen LogP contribution >= 0.6 is 0 Å². The topological polar surface area (TPSA) is 90.0 Å². The molecule has 0 N–H and O–H groups in total. The standard InChI is InChI=1S/C21H29NO6S/c1-4-16(3)22(18-12-13-29(25,26)15-18)20(23)14-28-21(24)11-10-17-8-6-7-9-19(17)27-5-2/h6-11,16,18H,4-5,12-15H2,1-3H3/b11-10+/t16-,18+/m1/s1. The van der Waals surface area contributed by atoms with Crippen molar-refractivity contribution >= 4 is 27.8 Å². The van der Waals surface area contributed by atoms with Crippen LogP contribution in [0.15, 0.2) is 30.3 Å². The number of hydrogen-bond donors (Lipinski definition) is 0. The highest BCUT2D eigenvalue weighted by molar-refractivity contribution is 7.91. The third-order valence-electron chi connectivity index (χ3n) is 4.91. The number of carbonyl (C=O) groups excluding carboxylic acids is 2. The molecule has 8 heteroatoms. The van der Waals surface area contributed by atoms with Gasteiger partial charge in [-0.1, -0.05) is 25.1 Å². The minimum absolute atomic E-state index is 0.0366. The molecule has 1 aromatic rings. The number of hydrogen-bond acceptors (Lipinski definition) is 6. The van der Waals surface area contributed by atoms with Gasteiger partial charge >= 0.3 is 5.97 Å². The van der Waals surface area contributed by atoms with E-state index in [0.29, 0.717) is 25.2 Å². The van der Waals surface area contributed by atoms with Crippen molar-refractivity contribution in [2.45, 2.75) is 45.7 Å². The van der Waals surface area contributed by atoms with Crippen LogP contribution in [-0.4, -0.2) is 62.0 Å². The lowest BCUT2D eigenvalue weighted by Gasteiger charge is -2.33. The SMILES string of the molecule is CCOc1ccccc1/C=C/C(=O)OCC(=O)N([C@H]1CCS(=O)(=O)C1)[C@H](C)CC. The van der Waals surface area contributed by atoms with Gasteiger partial charge in [-0.3, -0.25) is 4.79 Å². The fraction of sp³-hybridized carbons (Fsp3) is 0.524. The van der Waals surface area contributed by atoms with E-state index in [-0.39, 0.29) is 29.5 Å². The van der Waals surface area contributed by atoms with Gasteiger partial charge in [-0.25, -0.2) is 13.2 Å². The van der Waals surface area contributed by atoms with Gasteiger partial charge < -0.3 is 14.4 Å². The molecule has 160 valence electrons. The molecule has 1 aromatic carbocycles. The first kappa shape index (κ1) is 22.9. The summed E-state index contributed by atoms with van der Waals surface area (Å²) in [6.45, 7) is 5.76. The summed E-state index contributed by atoms with van der Waals surface area (Å²) >= 11 is 0. The number of amides is 1. The van der Waals surface area contributed by atoms with Crippen molar-refractivity contribution in [3.8, 4) is 5.75 Å². The highest BCUT2D eigenvalue weighted by atomic mass is 32.2. The van der Waals surface area contributed by atoms with E-state index < -0.39 is 22.4 Å². The van der Waals surface area contributed by atoms with Crippen molar-refractivity contribution in [1.29, 1.82) is 0 Å². The Balaban J connectivity index is 1.98. The summed E-state index contributed by atoms with van der Waals surface area (Å²) in [6, 6.07) is 6.79. The van der Waals surface area contributed by atoms with Gasteiger partial charge in [-0.2, -0.15) is 0 Å². The van der Waals surface area contributed by atoms with Crippen LogP contribution < -0.4 is 4.74 Å². The van der Waals surface area contributed by atoms with E-state index in [1.807, 2.05) is 39.0 Å². The molecule has 7 nitrogen and oxygen atoms in total. The molecule has 1 amide bonds. The Kier molecular flexibility index (Phi) is 8.25. The summed E-state index contributed by atoms with van der Waals surface area (Å²) in [5.74, 6) is -0.323. The molecular weight excluding hydrogens is 394 g/mol. The maximum atomic E-state index is 12.7. The Bertz CT molecular complexity index is 848. The predicted octanol–water partition coefficient (Wildman–Crippen LogP) is 2.46. The number of esters is 1. The first-order valence-electron chi connectivity index (χ1n) is 9.85. The largest absolute Gasteiger partial charge is 0.493 e. The summed E-state index contributed by atoms with van der Waals surface area (Å²) in [5, 5.41) is 0. The predicted molar refractivity (Wildman–Crippen MR) is 111 cm³/mol. The monoisotopic (exact) mass is 423 g/mol. The third kappa shape index (κ3) is 6.59. The molecule has 0 radical (unpaired) electrons. The molecule has 1 aliphatic heterocycles. The van der Waals surface area contributed by atoms with Gasteiger partial charge in [0.05, 0.1) is 18.1 Å². The van der Waals surface area contributed by atoms with Crippen LogP contribution in [0, 0.1) is 0 Å². The normalized spacial score (nSPS) is 19.1. The Morgan fingerprint density at radius 3 is 2.62 bits per heavy atom. The van der Waals surface area contributed by atoms with Crippen molar-refractivity contribution in [3.63, 3.8) is 0 Å². The average molecular weight is 424 g/mol. The number of para-hydroxylation sites is 1. The van der Waals surface area contributed by atoms with E-state index in [1.54, 1.807) is 17.0 Å². The van der Waals surface area contributed by atoms with Crippen molar-refractivity contribution in [2.75, 3.05) is 24.7 Å². The van der Waals surface area contributed by atoms with Crippen LogP contribution in [0.25, 0.3) is 6.08 Å². The van der Waals surface area contributed by atoms with Crippen molar-refractivity contribution in [1.82, 2.24) is 4.90 Å². The van der Waals surface area contributed by atoms with E-state index in [0.717, 1.165) is 5.56 Å². The molecule has 0 saturated carbocycles. The lowest BCUT2D eigenvalue weighted by Crippen LogP contribution is -2.48. The van der Waals surface area contributed by atoms with E-state index in [1.165, 1.54) is 6.08 Å². The van der Waals surface area contributed by atoms with E-state index in [9.17, 15) is 18.0 Å². The molecule has 0 spiro atoms. The number of nitrogens with zero attached hydrogens (tertiary/aromatic N) is 1. The Hall–Kier alpha value is -2.35. The number of sulfone groups is 1. The zero-order chi connectivity index (χ0) is 21.4. The molecule has 2 atom stereocenters. The lowest BCUT2D eigenvalue weighted by molar-refractivity contribution is -0.150. The van der Waals surface area contributed by atoms with Gasteiger partial charge in [0.25, 0.3) is 5.91 Å². The molecule has 1 saturated heterocycles. The molecule has 1 fully saturated rings. The fourth-order valence-electron chi connectivity index (χ4n) is 3.32. The molecule has 0 aromatic heterocycles. The highest BCUT2D eigenvalue weighted by Crippen LogP contribution is 2.22. The maximum absolute atomic E-state index is 12.7. The highest BCUT2D eigenvalue weighted by Gasteiger charge is 2.36. The average Bonchev–Trinajstić information content (AvgIpc) is 3.05. The molecule has 0 aliphatic carbocycles. The number of benzene rings is 1. The molecule has 0 bridgehead atoms. The van der Waals surface area contributed by atoms with Gasteiger partial charge in [0.1, 0.15) is 5.75 Å². The first-order valence-corrected chi connectivity index (χ1v) is 11.7. The quantitative estimate of drug-likeness (QED) is 0.448. The van der Waals surface area contributed by atoms with Crippen LogP contribution in [0.5, 0.6) is 5.75 Å². The minimum atomic E-state index is -3.12. The van der Waals surface area contributed by atoms with E-state index in [2.05, 4.69) is 0 Å². The third-order valence-corrected chi connectivity index (χ3v) is 6.66. The Morgan fingerprint density at radius 1 is 1.28 bits per heavy atom. The van der Waals surface area contributed by atoms with Crippen LogP contribution in [0.3, 0.4) is 0 Å². The maximum Gasteiger partial charge on any atom is 0.331 e. The number of ether oxygens (including phenoxy) is 2. The second kappa shape index (κ2) is 10.4. The van der Waals surface area contributed by atoms with Gasteiger partial charge in [-0.15, -0.1) is 0 Å². The second-order valence-corrected chi connectivity index (χ2v) is 9.26. The zero-order valence-electron chi connectivity index (χ0n) is 17.2. The number of carbonyl (C=O) groups is 2.